The molecule has 7 heteroatoms. The summed E-state index contributed by atoms with van der Waals surface area (Å²) < 4.78 is 32.0. The summed E-state index contributed by atoms with van der Waals surface area (Å²) in [6.07, 6.45) is -1.20. The van der Waals surface area contributed by atoms with E-state index < -0.39 is 29.6 Å². The van der Waals surface area contributed by atoms with Crippen molar-refractivity contribution in [3.63, 3.8) is 0 Å². The minimum atomic E-state index is -1.20. The van der Waals surface area contributed by atoms with E-state index in [0.717, 1.165) is 23.7 Å². The van der Waals surface area contributed by atoms with Crippen molar-refractivity contribution < 1.29 is 23.1 Å². The van der Waals surface area contributed by atoms with E-state index in [0.29, 0.717) is 16.6 Å². The molecule has 1 aromatic heterocycles. The van der Waals surface area contributed by atoms with Gasteiger partial charge in [-0.3, -0.25) is 4.79 Å². The predicted molar refractivity (Wildman–Crippen MR) is 92.9 cm³/mol. The number of esters is 1. The maximum absolute atomic E-state index is 13.6. The Kier molecular flexibility index (Phi) is 4.71. The number of hydrogen-bond donors (Lipinski definition) is 2. The first-order valence-electron chi connectivity index (χ1n) is 7.91. The highest BCUT2D eigenvalue weighted by molar-refractivity contribution is 6.06. The van der Waals surface area contributed by atoms with Gasteiger partial charge in [-0.25, -0.2) is 13.6 Å². The van der Waals surface area contributed by atoms with Gasteiger partial charge in [0.2, 0.25) is 0 Å². The average molecular weight is 358 g/mol. The lowest BCUT2D eigenvalue weighted by molar-refractivity contribution is -0.123. The average Bonchev–Trinajstić information content (AvgIpc) is 2.93. The van der Waals surface area contributed by atoms with Crippen LogP contribution in [-0.2, 0) is 9.53 Å². The lowest BCUT2D eigenvalue weighted by Crippen LogP contribution is -2.30. The first-order valence-corrected chi connectivity index (χ1v) is 7.91. The zero-order valence-electron chi connectivity index (χ0n) is 14.1. The Balaban J connectivity index is 1.75. The van der Waals surface area contributed by atoms with Gasteiger partial charge in [0.1, 0.15) is 11.6 Å². The third-order valence-corrected chi connectivity index (χ3v) is 3.94. The number of anilines is 1. The number of carbonyl (C=O) groups excluding carboxylic acids is 2. The number of fused-ring (bicyclic) bond motifs is 1. The molecule has 3 aromatic rings. The molecule has 0 fully saturated rings. The van der Waals surface area contributed by atoms with Crippen LogP contribution in [0.2, 0.25) is 0 Å². The summed E-state index contributed by atoms with van der Waals surface area (Å²) >= 11 is 0. The molecule has 1 heterocycles. The fraction of sp³-hybridized carbons (Fsp3) is 0.158. The van der Waals surface area contributed by atoms with Crippen molar-refractivity contribution in [3.8, 4) is 0 Å². The molecule has 26 heavy (non-hydrogen) atoms. The molecule has 0 aliphatic rings. The maximum atomic E-state index is 13.6. The molecule has 134 valence electrons. The van der Waals surface area contributed by atoms with E-state index >= 15 is 0 Å². The molecule has 0 aliphatic heterocycles. The van der Waals surface area contributed by atoms with Gasteiger partial charge in [0.25, 0.3) is 5.91 Å². The Labute approximate surface area is 148 Å². The predicted octanol–water partition coefficient (Wildman–Crippen LogP) is 3.94. The molecule has 5 nitrogen and oxygen atoms in total. The Hall–Kier alpha value is -3.22. The first-order chi connectivity index (χ1) is 12.4. The molecule has 0 bridgehead atoms. The quantitative estimate of drug-likeness (QED) is 0.694. The molecule has 0 spiro atoms. The number of aromatic amines is 1. The number of aryl methyl sites for hydroxylation is 1. The van der Waals surface area contributed by atoms with E-state index in [2.05, 4.69) is 10.3 Å². The fourth-order valence-electron chi connectivity index (χ4n) is 2.64. The van der Waals surface area contributed by atoms with Crippen LogP contribution in [0.5, 0.6) is 0 Å². The summed E-state index contributed by atoms with van der Waals surface area (Å²) in [5.74, 6) is -2.92. The standard InChI is InChI=1S/C19H16F2N2O3/c1-10-17(13-5-3-4-6-15(13)22-10)19(25)26-11(2)18(24)23-16-9-12(20)7-8-14(16)21/h3-9,11,22H,1-2H3,(H,23,24). The topological polar surface area (TPSA) is 71.2 Å². The van der Waals surface area contributed by atoms with Crippen LogP contribution in [0.25, 0.3) is 10.9 Å². The Morgan fingerprint density at radius 3 is 2.65 bits per heavy atom. The van der Waals surface area contributed by atoms with Crippen molar-refractivity contribution in [1.29, 1.82) is 0 Å². The number of benzene rings is 2. The number of aromatic nitrogens is 1. The highest BCUT2D eigenvalue weighted by Gasteiger charge is 2.23. The van der Waals surface area contributed by atoms with Crippen LogP contribution < -0.4 is 5.32 Å². The van der Waals surface area contributed by atoms with Gasteiger partial charge in [0.15, 0.2) is 6.10 Å². The molecule has 0 radical (unpaired) electrons. The molecule has 1 atom stereocenters. The SMILES string of the molecule is Cc1[nH]c2ccccc2c1C(=O)OC(C)C(=O)Nc1cc(F)ccc1F. The number of carbonyl (C=O) groups is 2. The zero-order valence-corrected chi connectivity index (χ0v) is 14.1. The van der Waals surface area contributed by atoms with Gasteiger partial charge < -0.3 is 15.0 Å². The summed E-state index contributed by atoms with van der Waals surface area (Å²) in [7, 11) is 0. The van der Waals surface area contributed by atoms with Crippen molar-refractivity contribution in [2.75, 3.05) is 5.32 Å². The molecule has 2 N–H and O–H groups in total. The van der Waals surface area contributed by atoms with E-state index in [1.54, 1.807) is 19.1 Å². The molecular weight excluding hydrogens is 342 g/mol. The second-order valence-corrected chi connectivity index (χ2v) is 5.83. The van der Waals surface area contributed by atoms with Crippen LogP contribution in [0.3, 0.4) is 0 Å². The van der Waals surface area contributed by atoms with Crippen molar-refractivity contribution >= 4 is 28.5 Å². The third kappa shape index (κ3) is 3.42. The van der Waals surface area contributed by atoms with Gasteiger partial charge in [0, 0.05) is 22.7 Å². The summed E-state index contributed by atoms with van der Waals surface area (Å²) in [5.41, 5.74) is 1.40. The van der Waals surface area contributed by atoms with Crippen molar-refractivity contribution in [1.82, 2.24) is 4.98 Å². The number of halogens is 2. The molecule has 3 rings (SSSR count). The van der Waals surface area contributed by atoms with Crippen LogP contribution in [0.4, 0.5) is 14.5 Å². The number of amides is 1. The van der Waals surface area contributed by atoms with Gasteiger partial charge in [-0.05, 0) is 32.0 Å². The number of hydrogen-bond acceptors (Lipinski definition) is 3. The van der Waals surface area contributed by atoms with Gasteiger partial charge >= 0.3 is 5.97 Å². The van der Waals surface area contributed by atoms with Crippen LogP contribution in [0.15, 0.2) is 42.5 Å². The number of para-hydroxylation sites is 1. The van der Waals surface area contributed by atoms with Crippen molar-refractivity contribution in [2.45, 2.75) is 20.0 Å². The minimum Gasteiger partial charge on any atom is -0.449 e. The highest BCUT2D eigenvalue weighted by atomic mass is 19.1. The van der Waals surface area contributed by atoms with E-state index in [9.17, 15) is 18.4 Å². The molecule has 2 aromatic carbocycles. The molecule has 0 saturated heterocycles. The molecule has 1 unspecified atom stereocenters. The monoisotopic (exact) mass is 358 g/mol. The molecule has 0 saturated carbocycles. The Bertz CT molecular complexity index is 998. The summed E-state index contributed by atoms with van der Waals surface area (Å²) in [5, 5.41) is 2.89. The third-order valence-electron chi connectivity index (χ3n) is 3.94. The van der Waals surface area contributed by atoms with Gasteiger partial charge in [-0.2, -0.15) is 0 Å². The summed E-state index contributed by atoms with van der Waals surface area (Å²) in [6.45, 7) is 3.08. The lowest BCUT2D eigenvalue weighted by atomic mass is 10.1. The minimum absolute atomic E-state index is 0.318. The first kappa shape index (κ1) is 17.6. The normalized spacial score (nSPS) is 12.0. The summed E-state index contributed by atoms with van der Waals surface area (Å²) in [4.78, 5) is 27.7. The number of ether oxygens (including phenoxy) is 1. The highest BCUT2D eigenvalue weighted by Crippen LogP contribution is 2.23. The largest absolute Gasteiger partial charge is 0.449 e. The fourth-order valence-corrected chi connectivity index (χ4v) is 2.64. The second-order valence-electron chi connectivity index (χ2n) is 5.83. The Morgan fingerprint density at radius 1 is 1.15 bits per heavy atom. The Morgan fingerprint density at radius 2 is 1.88 bits per heavy atom. The van der Waals surface area contributed by atoms with Gasteiger partial charge in [0.05, 0.1) is 11.3 Å². The molecule has 1 amide bonds. The van der Waals surface area contributed by atoms with Crippen LogP contribution in [0.1, 0.15) is 23.0 Å². The van der Waals surface area contributed by atoms with Crippen molar-refractivity contribution in [3.05, 3.63) is 65.4 Å². The van der Waals surface area contributed by atoms with Crippen LogP contribution >= 0.6 is 0 Å². The zero-order chi connectivity index (χ0) is 18.8. The summed E-state index contributed by atoms with van der Waals surface area (Å²) in [6, 6.07) is 9.90. The van der Waals surface area contributed by atoms with Crippen LogP contribution in [0, 0.1) is 18.6 Å². The molecular formula is C19H16F2N2O3. The van der Waals surface area contributed by atoms with E-state index in [1.165, 1.54) is 6.92 Å². The van der Waals surface area contributed by atoms with E-state index in [-0.39, 0.29) is 5.69 Å². The second kappa shape index (κ2) is 6.95. The van der Waals surface area contributed by atoms with E-state index in [4.69, 9.17) is 4.74 Å². The molecule has 0 aliphatic carbocycles. The smallest absolute Gasteiger partial charge is 0.341 e. The maximum Gasteiger partial charge on any atom is 0.341 e. The number of nitrogens with one attached hydrogen (secondary N) is 2. The number of rotatable bonds is 4. The van der Waals surface area contributed by atoms with Gasteiger partial charge in [-0.1, -0.05) is 18.2 Å². The van der Waals surface area contributed by atoms with Crippen molar-refractivity contribution in [2.24, 2.45) is 0 Å². The van der Waals surface area contributed by atoms with Gasteiger partial charge in [-0.15, -0.1) is 0 Å². The van der Waals surface area contributed by atoms with E-state index in [1.807, 2.05) is 12.1 Å². The lowest BCUT2D eigenvalue weighted by Gasteiger charge is -2.14. The number of H-pyrrole nitrogens is 1. The van der Waals surface area contributed by atoms with Crippen LogP contribution in [-0.4, -0.2) is 23.0 Å².